The zero-order valence-electron chi connectivity index (χ0n) is 16.6. The lowest BCUT2D eigenvalue weighted by molar-refractivity contribution is 0.0467. The van der Waals surface area contributed by atoms with Crippen molar-refractivity contribution < 1.29 is 19.1 Å². The molecular weight excluding hydrogens is 430 g/mol. The lowest BCUT2D eigenvalue weighted by Crippen LogP contribution is -2.29. The Bertz CT molecular complexity index is 1440. The highest BCUT2D eigenvalue weighted by molar-refractivity contribution is 7.15. The molecule has 158 valence electrons. The van der Waals surface area contributed by atoms with E-state index in [1.54, 1.807) is 11.6 Å². The van der Waals surface area contributed by atoms with Gasteiger partial charge in [-0.2, -0.15) is 0 Å². The molecule has 0 spiro atoms. The molecule has 2 aromatic heterocycles. The quantitative estimate of drug-likeness (QED) is 0.346. The van der Waals surface area contributed by atoms with Crippen LogP contribution in [0.3, 0.4) is 0 Å². The van der Waals surface area contributed by atoms with Gasteiger partial charge in [-0.1, -0.05) is 30.3 Å². The second-order valence-corrected chi connectivity index (χ2v) is 8.03. The number of amides is 2. The summed E-state index contributed by atoms with van der Waals surface area (Å²) in [7, 11) is 0. The van der Waals surface area contributed by atoms with Gasteiger partial charge in [0.25, 0.3) is 17.4 Å². The van der Waals surface area contributed by atoms with E-state index in [0.717, 1.165) is 10.5 Å². The number of thiazole rings is 1. The molecule has 32 heavy (non-hydrogen) atoms. The molecule has 0 bridgehead atoms. The first-order valence-electron chi connectivity index (χ1n) is 9.68. The monoisotopic (exact) mass is 445 g/mol. The van der Waals surface area contributed by atoms with Crippen LogP contribution in [0.1, 0.15) is 42.3 Å². The summed E-state index contributed by atoms with van der Waals surface area (Å²) in [6.07, 6.45) is 1.62. The van der Waals surface area contributed by atoms with E-state index in [0.29, 0.717) is 10.7 Å². The average molecular weight is 445 g/mol. The van der Waals surface area contributed by atoms with Crippen molar-refractivity contribution in [2.45, 2.75) is 13.2 Å². The van der Waals surface area contributed by atoms with Crippen molar-refractivity contribution in [1.82, 2.24) is 14.3 Å². The molecule has 0 aliphatic carbocycles. The van der Waals surface area contributed by atoms with Crippen LogP contribution in [0.25, 0.3) is 4.96 Å². The Kier molecular flexibility index (Phi) is 4.87. The Labute approximate surface area is 185 Å². The second kappa shape index (κ2) is 7.86. The fourth-order valence-corrected chi connectivity index (χ4v) is 4.25. The Hall–Kier alpha value is -4.11. The minimum absolute atomic E-state index is 0.139. The molecule has 1 aliphatic rings. The molecule has 0 fully saturated rings. The van der Waals surface area contributed by atoms with Crippen LogP contribution in [0, 0.1) is 0 Å². The number of hydrogen-bond donors (Lipinski definition) is 0. The van der Waals surface area contributed by atoms with E-state index in [1.165, 1.54) is 40.0 Å². The van der Waals surface area contributed by atoms with Crippen molar-refractivity contribution in [2.24, 2.45) is 0 Å². The van der Waals surface area contributed by atoms with E-state index in [2.05, 4.69) is 4.98 Å². The zero-order valence-corrected chi connectivity index (χ0v) is 17.4. The van der Waals surface area contributed by atoms with Crippen molar-refractivity contribution in [3.8, 4) is 0 Å². The first kappa shape index (κ1) is 19.8. The average Bonchev–Trinajstić information content (AvgIpc) is 3.37. The molecule has 1 aliphatic heterocycles. The molecule has 3 heterocycles. The maximum absolute atomic E-state index is 12.8. The molecule has 9 heteroatoms. The predicted molar refractivity (Wildman–Crippen MR) is 116 cm³/mol. The smallest absolute Gasteiger partial charge is 0.338 e. The number of fused-ring (bicyclic) bond motifs is 2. The van der Waals surface area contributed by atoms with Gasteiger partial charge in [0.15, 0.2) is 4.96 Å². The fraction of sp³-hybridized carbons (Fsp3) is 0.0870. The van der Waals surface area contributed by atoms with Crippen molar-refractivity contribution in [1.29, 1.82) is 0 Å². The summed E-state index contributed by atoms with van der Waals surface area (Å²) in [4.78, 5) is 56.0. The van der Waals surface area contributed by atoms with E-state index in [1.807, 2.05) is 30.3 Å². The zero-order chi connectivity index (χ0) is 22.2. The molecule has 0 atom stereocenters. The third-order valence-electron chi connectivity index (χ3n) is 5.10. The highest BCUT2D eigenvalue weighted by atomic mass is 32.1. The maximum atomic E-state index is 12.8. The van der Waals surface area contributed by atoms with Crippen molar-refractivity contribution in [3.63, 3.8) is 0 Å². The van der Waals surface area contributed by atoms with Gasteiger partial charge in [0.05, 0.1) is 28.9 Å². The topological polar surface area (TPSA) is 98.1 Å². The van der Waals surface area contributed by atoms with Crippen LogP contribution in [0.2, 0.25) is 0 Å². The molecule has 0 saturated carbocycles. The van der Waals surface area contributed by atoms with Crippen LogP contribution in [-0.4, -0.2) is 32.1 Å². The normalized spacial score (nSPS) is 12.9. The summed E-state index contributed by atoms with van der Waals surface area (Å²) in [5.74, 6) is -1.54. The summed E-state index contributed by atoms with van der Waals surface area (Å²) >= 11 is 1.30. The van der Waals surface area contributed by atoms with Gasteiger partial charge in [0, 0.05) is 17.6 Å². The number of aromatic nitrogens is 2. The third-order valence-corrected chi connectivity index (χ3v) is 5.85. The molecular formula is C23H15N3O5S. The molecule has 0 unspecified atom stereocenters. The van der Waals surface area contributed by atoms with Crippen LogP contribution in [0.15, 0.2) is 71.0 Å². The number of carbonyl (C=O) groups excluding carboxylic acids is 3. The Balaban J connectivity index is 1.33. The number of nitrogens with zero attached hydrogens (tertiary/aromatic N) is 3. The first-order valence-corrected chi connectivity index (χ1v) is 10.6. The molecule has 5 rings (SSSR count). The highest BCUT2D eigenvalue weighted by Gasteiger charge is 2.36. The standard InChI is InChI=1S/C23H15N3O5S/c27-19-11-16(24-23-25(19)8-9-32-23)13-31-22(30)15-6-7-17-18(10-15)21(29)26(20(17)28)12-14-4-2-1-3-5-14/h1-11H,12-13H2. The van der Waals surface area contributed by atoms with Gasteiger partial charge in [0.2, 0.25) is 0 Å². The summed E-state index contributed by atoms with van der Waals surface area (Å²) in [6, 6.07) is 14.8. The van der Waals surface area contributed by atoms with Gasteiger partial charge in [-0.05, 0) is 23.8 Å². The van der Waals surface area contributed by atoms with Gasteiger partial charge in [-0.3, -0.25) is 23.7 Å². The van der Waals surface area contributed by atoms with Crippen LogP contribution < -0.4 is 5.56 Å². The molecule has 0 radical (unpaired) electrons. The van der Waals surface area contributed by atoms with Crippen LogP contribution in [-0.2, 0) is 17.9 Å². The number of ether oxygens (including phenoxy) is 1. The van der Waals surface area contributed by atoms with Gasteiger partial charge in [-0.25, -0.2) is 9.78 Å². The number of rotatable bonds is 5. The maximum Gasteiger partial charge on any atom is 0.338 e. The summed E-state index contributed by atoms with van der Waals surface area (Å²) in [6.45, 7) is -0.0358. The molecule has 8 nitrogen and oxygen atoms in total. The van der Waals surface area contributed by atoms with E-state index < -0.39 is 17.8 Å². The van der Waals surface area contributed by atoms with Crippen molar-refractivity contribution in [3.05, 3.63) is 104 Å². The fourth-order valence-electron chi connectivity index (χ4n) is 3.51. The van der Waals surface area contributed by atoms with Gasteiger partial charge in [-0.15, -0.1) is 11.3 Å². The molecule has 4 aromatic rings. The summed E-state index contributed by atoms with van der Waals surface area (Å²) in [5, 5.41) is 1.74. The lowest BCUT2D eigenvalue weighted by Gasteiger charge is -2.13. The predicted octanol–water partition coefficient (Wildman–Crippen LogP) is 2.91. The lowest BCUT2D eigenvalue weighted by atomic mass is 10.1. The minimum Gasteiger partial charge on any atom is -0.456 e. The molecule has 2 amide bonds. The Morgan fingerprint density at radius 2 is 1.75 bits per heavy atom. The summed E-state index contributed by atoms with van der Waals surface area (Å²) < 4.78 is 6.69. The van der Waals surface area contributed by atoms with E-state index in [-0.39, 0.29) is 35.4 Å². The SMILES string of the molecule is O=C(OCc1cc(=O)n2ccsc2n1)c1ccc2c(c1)C(=O)N(Cc1ccccc1)C2=O. The molecule has 0 saturated heterocycles. The summed E-state index contributed by atoms with van der Waals surface area (Å²) in [5.41, 5.74) is 1.44. The van der Waals surface area contributed by atoms with E-state index in [9.17, 15) is 19.2 Å². The molecule has 2 aromatic carbocycles. The number of imide groups is 1. The van der Waals surface area contributed by atoms with E-state index >= 15 is 0 Å². The second-order valence-electron chi connectivity index (χ2n) is 7.16. The minimum atomic E-state index is -0.678. The number of hydrogen-bond acceptors (Lipinski definition) is 7. The van der Waals surface area contributed by atoms with Crippen LogP contribution in [0.5, 0.6) is 0 Å². The van der Waals surface area contributed by atoms with E-state index in [4.69, 9.17) is 4.74 Å². The Morgan fingerprint density at radius 3 is 2.56 bits per heavy atom. The van der Waals surface area contributed by atoms with Crippen LogP contribution >= 0.6 is 11.3 Å². The van der Waals surface area contributed by atoms with Gasteiger partial charge < -0.3 is 4.74 Å². The van der Waals surface area contributed by atoms with Crippen molar-refractivity contribution in [2.75, 3.05) is 0 Å². The number of esters is 1. The third kappa shape index (κ3) is 3.48. The number of carbonyl (C=O) groups is 3. The highest BCUT2D eigenvalue weighted by Crippen LogP contribution is 2.26. The molecule has 0 N–H and O–H groups in total. The van der Waals surface area contributed by atoms with Crippen molar-refractivity contribution >= 4 is 34.1 Å². The first-order chi connectivity index (χ1) is 15.5. The Morgan fingerprint density at radius 1 is 0.969 bits per heavy atom. The number of benzene rings is 2. The van der Waals surface area contributed by atoms with Gasteiger partial charge >= 0.3 is 5.97 Å². The van der Waals surface area contributed by atoms with Gasteiger partial charge in [0.1, 0.15) is 6.61 Å². The van der Waals surface area contributed by atoms with Crippen LogP contribution in [0.4, 0.5) is 0 Å². The largest absolute Gasteiger partial charge is 0.456 e.